The molecule has 1 aliphatic heterocycles. The molecule has 0 bridgehead atoms. The van der Waals surface area contributed by atoms with Gasteiger partial charge in [0.15, 0.2) is 0 Å². The van der Waals surface area contributed by atoms with E-state index in [1.54, 1.807) is 30.3 Å². The highest BCUT2D eigenvalue weighted by Gasteiger charge is 2.25. The summed E-state index contributed by atoms with van der Waals surface area (Å²) in [5.74, 6) is -1.10. The highest BCUT2D eigenvalue weighted by molar-refractivity contribution is 6.14. The summed E-state index contributed by atoms with van der Waals surface area (Å²) in [7, 11) is 1.60. The summed E-state index contributed by atoms with van der Waals surface area (Å²) in [5.41, 5.74) is 1.39. The predicted molar refractivity (Wildman–Crippen MR) is 85.9 cm³/mol. The number of carbonyl (C=O) groups excluding carboxylic acids is 1. The molecule has 0 atom stereocenters. The number of methoxy groups -OCH3 is 1. The largest absolute Gasteiger partial charge is 0.478 e. The number of likely N-dealkylation sites (tertiary alicyclic amines) is 1. The standard InChI is InChI=1S/C17H20N2O4/c1-23-10-9-19-11-13(17(21)22)15-12(5-4-6-14(15)19)16(20)18-7-2-3-8-18/h4-6,11H,2-3,7-10H2,1H3,(H,21,22). The number of nitrogens with zero attached hydrogens (tertiary/aromatic N) is 2. The van der Waals surface area contributed by atoms with E-state index >= 15 is 0 Å². The highest BCUT2D eigenvalue weighted by atomic mass is 16.5. The summed E-state index contributed by atoms with van der Waals surface area (Å²) in [5, 5.41) is 10.0. The summed E-state index contributed by atoms with van der Waals surface area (Å²) in [6.45, 7) is 2.50. The van der Waals surface area contributed by atoms with Crippen LogP contribution in [0.2, 0.25) is 0 Å². The molecule has 0 spiro atoms. The van der Waals surface area contributed by atoms with Crippen LogP contribution in [0.25, 0.3) is 10.9 Å². The van der Waals surface area contributed by atoms with Crippen molar-refractivity contribution in [3.63, 3.8) is 0 Å². The Morgan fingerprint density at radius 2 is 1.96 bits per heavy atom. The average Bonchev–Trinajstić information content (AvgIpc) is 3.20. The number of carboxylic acid groups (broad SMARTS) is 1. The maximum atomic E-state index is 12.8. The minimum atomic E-state index is -1.02. The minimum absolute atomic E-state index is 0.0832. The van der Waals surface area contributed by atoms with Crippen molar-refractivity contribution in [1.82, 2.24) is 9.47 Å². The van der Waals surface area contributed by atoms with Gasteiger partial charge >= 0.3 is 5.97 Å². The first-order valence-corrected chi connectivity index (χ1v) is 7.77. The Hall–Kier alpha value is -2.34. The van der Waals surface area contributed by atoms with Crippen LogP contribution in [-0.2, 0) is 11.3 Å². The van der Waals surface area contributed by atoms with Crippen LogP contribution < -0.4 is 0 Å². The van der Waals surface area contributed by atoms with Crippen LogP contribution in [0.15, 0.2) is 24.4 Å². The van der Waals surface area contributed by atoms with E-state index in [1.807, 2.05) is 10.6 Å². The van der Waals surface area contributed by atoms with Gasteiger partial charge < -0.3 is 19.3 Å². The fraction of sp³-hybridized carbons (Fsp3) is 0.412. The molecule has 1 aromatic heterocycles. The molecule has 0 radical (unpaired) electrons. The third kappa shape index (κ3) is 2.82. The lowest BCUT2D eigenvalue weighted by Gasteiger charge is -2.16. The molecule has 6 nitrogen and oxygen atoms in total. The van der Waals surface area contributed by atoms with Gasteiger partial charge in [0.05, 0.1) is 12.2 Å². The number of hydrogen-bond donors (Lipinski definition) is 1. The van der Waals surface area contributed by atoms with Gasteiger partial charge in [0, 0.05) is 49.4 Å². The summed E-state index contributed by atoms with van der Waals surface area (Å²) in [6, 6.07) is 5.37. The van der Waals surface area contributed by atoms with Crippen LogP contribution in [0.5, 0.6) is 0 Å². The molecule has 122 valence electrons. The van der Waals surface area contributed by atoms with Crippen LogP contribution in [0, 0.1) is 0 Å². The molecule has 0 unspecified atom stereocenters. The molecule has 0 aliphatic carbocycles. The van der Waals surface area contributed by atoms with Crippen LogP contribution in [0.4, 0.5) is 0 Å². The summed E-state index contributed by atoms with van der Waals surface area (Å²) in [4.78, 5) is 26.2. The maximum absolute atomic E-state index is 12.8. The first kappa shape index (κ1) is 15.6. The normalized spacial score (nSPS) is 14.6. The van der Waals surface area contributed by atoms with Gasteiger partial charge in [0.2, 0.25) is 0 Å². The Morgan fingerprint density at radius 1 is 1.22 bits per heavy atom. The highest BCUT2D eigenvalue weighted by Crippen LogP contribution is 2.27. The van der Waals surface area contributed by atoms with E-state index in [1.165, 1.54) is 0 Å². The van der Waals surface area contributed by atoms with E-state index in [9.17, 15) is 14.7 Å². The molecule has 2 aromatic rings. The Bertz CT molecular complexity index is 744. The maximum Gasteiger partial charge on any atom is 0.337 e. The molecule has 1 aliphatic rings. The third-order valence-electron chi connectivity index (χ3n) is 4.30. The lowest BCUT2D eigenvalue weighted by Crippen LogP contribution is -2.27. The van der Waals surface area contributed by atoms with E-state index in [-0.39, 0.29) is 11.5 Å². The molecule has 3 rings (SSSR count). The lowest BCUT2D eigenvalue weighted by molar-refractivity contribution is 0.0698. The van der Waals surface area contributed by atoms with E-state index in [0.717, 1.165) is 31.4 Å². The van der Waals surface area contributed by atoms with E-state index < -0.39 is 5.97 Å². The van der Waals surface area contributed by atoms with Crippen LogP contribution in [-0.4, -0.2) is 53.3 Å². The van der Waals surface area contributed by atoms with Gasteiger partial charge in [-0.05, 0) is 25.0 Å². The monoisotopic (exact) mass is 316 g/mol. The van der Waals surface area contributed by atoms with Gasteiger partial charge in [-0.2, -0.15) is 0 Å². The quantitative estimate of drug-likeness (QED) is 0.918. The zero-order valence-corrected chi connectivity index (χ0v) is 13.1. The topological polar surface area (TPSA) is 71.8 Å². The molecular formula is C17H20N2O4. The number of rotatable bonds is 5. The summed E-state index contributed by atoms with van der Waals surface area (Å²) >= 11 is 0. The molecule has 1 fully saturated rings. The van der Waals surface area contributed by atoms with Gasteiger partial charge in [0.25, 0.3) is 5.91 Å². The third-order valence-corrected chi connectivity index (χ3v) is 4.30. The Morgan fingerprint density at radius 3 is 2.61 bits per heavy atom. The summed E-state index contributed by atoms with van der Waals surface area (Å²) in [6.07, 6.45) is 3.59. The second kappa shape index (κ2) is 6.42. The first-order valence-electron chi connectivity index (χ1n) is 7.77. The second-order valence-corrected chi connectivity index (χ2v) is 5.73. The van der Waals surface area contributed by atoms with Crippen molar-refractivity contribution in [2.24, 2.45) is 0 Å². The minimum Gasteiger partial charge on any atom is -0.478 e. The van der Waals surface area contributed by atoms with Gasteiger partial charge in [-0.25, -0.2) is 4.79 Å². The smallest absolute Gasteiger partial charge is 0.337 e. The van der Waals surface area contributed by atoms with E-state index in [4.69, 9.17) is 4.74 Å². The van der Waals surface area contributed by atoms with Gasteiger partial charge in [0.1, 0.15) is 0 Å². The Kier molecular flexibility index (Phi) is 4.34. The molecule has 2 heterocycles. The summed E-state index contributed by atoms with van der Waals surface area (Å²) < 4.78 is 6.92. The molecule has 1 saturated heterocycles. The van der Waals surface area contributed by atoms with Crippen LogP contribution in [0.3, 0.4) is 0 Å². The average molecular weight is 316 g/mol. The molecular weight excluding hydrogens is 296 g/mol. The number of aromatic carboxylic acids is 1. The van der Waals surface area contributed by atoms with Crippen molar-refractivity contribution in [3.8, 4) is 0 Å². The number of aromatic nitrogens is 1. The number of carboxylic acids is 1. The molecule has 1 N–H and O–H groups in total. The number of carbonyl (C=O) groups is 2. The van der Waals surface area contributed by atoms with E-state index in [0.29, 0.717) is 24.1 Å². The molecule has 0 saturated carbocycles. The first-order chi connectivity index (χ1) is 11.1. The number of fused-ring (bicyclic) bond motifs is 1. The number of amides is 1. The molecule has 23 heavy (non-hydrogen) atoms. The Balaban J connectivity index is 2.12. The molecule has 6 heteroatoms. The van der Waals surface area contributed by atoms with Gasteiger partial charge in [-0.15, -0.1) is 0 Å². The second-order valence-electron chi connectivity index (χ2n) is 5.73. The number of benzene rings is 1. The van der Waals surface area contributed by atoms with Crippen molar-refractivity contribution < 1.29 is 19.4 Å². The van der Waals surface area contributed by atoms with Crippen molar-refractivity contribution in [2.45, 2.75) is 19.4 Å². The SMILES string of the molecule is COCCn1cc(C(=O)O)c2c(C(=O)N3CCCC3)cccc21. The Labute approximate surface area is 134 Å². The van der Waals surface area contributed by atoms with Crippen molar-refractivity contribution in [2.75, 3.05) is 26.8 Å². The van der Waals surface area contributed by atoms with Crippen molar-refractivity contribution in [1.29, 1.82) is 0 Å². The zero-order valence-electron chi connectivity index (χ0n) is 13.1. The molecule has 1 amide bonds. The van der Waals surface area contributed by atoms with Gasteiger partial charge in [-0.1, -0.05) is 6.07 Å². The van der Waals surface area contributed by atoms with Crippen LogP contribution in [0.1, 0.15) is 33.6 Å². The zero-order chi connectivity index (χ0) is 16.4. The van der Waals surface area contributed by atoms with Crippen LogP contribution >= 0.6 is 0 Å². The predicted octanol–water partition coefficient (Wildman–Crippen LogP) is 2.22. The fourth-order valence-electron chi connectivity index (χ4n) is 3.16. The van der Waals surface area contributed by atoms with E-state index in [2.05, 4.69) is 0 Å². The fourth-order valence-corrected chi connectivity index (χ4v) is 3.16. The lowest BCUT2D eigenvalue weighted by atomic mass is 10.1. The van der Waals surface area contributed by atoms with Crippen molar-refractivity contribution in [3.05, 3.63) is 35.5 Å². The number of hydrogen-bond acceptors (Lipinski definition) is 3. The molecule has 1 aromatic carbocycles. The van der Waals surface area contributed by atoms with Crippen molar-refractivity contribution >= 4 is 22.8 Å². The van der Waals surface area contributed by atoms with Gasteiger partial charge in [-0.3, -0.25) is 4.79 Å². The number of ether oxygens (including phenoxy) is 1.